The van der Waals surface area contributed by atoms with Gasteiger partial charge in [-0.25, -0.2) is 0 Å². The smallest absolute Gasteiger partial charge is 0.377 e. The van der Waals surface area contributed by atoms with E-state index >= 15 is 0 Å². The largest absolute Gasteiger partial charge is 0.498 e. The van der Waals surface area contributed by atoms with Crippen molar-refractivity contribution >= 4 is 17.0 Å². The second-order valence-corrected chi connectivity index (χ2v) is 14.6. The lowest BCUT2D eigenvalue weighted by atomic mass is 9.96. The van der Waals surface area contributed by atoms with Crippen LogP contribution in [-0.4, -0.2) is 48.6 Å². The van der Waals surface area contributed by atoms with E-state index in [1.807, 2.05) is 6.55 Å². The Hall–Kier alpha value is 0.274. The van der Waals surface area contributed by atoms with Crippen molar-refractivity contribution in [1.82, 2.24) is 4.57 Å². The molecule has 0 aromatic heterocycles. The first-order chi connectivity index (χ1) is 10.5. The third kappa shape index (κ3) is 4.88. The molecule has 4 nitrogen and oxygen atoms in total. The van der Waals surface area contributed by atoms with E-state index in [1.165, 1.54) is 50.2 Å². The van der Waals surface area contributed by atoms with E-state index in [4.69, 9.17) is 13.3 Å². The average molecular weight is 348 g/mol. The van der Waals surface area contributed by atoms with Gasteiger partial charge in [-0.1, -0.05) is 40.0 Å². The topological polar surface area (TPSA) is 30.9 Å². The molecule has 0 radical (unpaired) electrons. The molecule has 1 rings (SSSR count). The minimum absolute atomic E-state index is 0.691. The monoisotopic (exact) mass is 347 g/mol. The van der Waals surface area contributed by atoms with Crippen molar-refractivity contribution in [3.8, 4) is 0 Å². The molecular weight excluding hydrogens is 310 g/mol. The van der Waals surface area contributed by atoms with Crippen LogP contribution in [0.25, 0.3) is 0 Å². The fraction of sp³-hybridized carbons (Fsp3) is 1.00. The third-order valence-corrected chi connectivity index (χ3v) is 13.6. The Morgan fingerprint density at radius 2 is 1.41 bits per heavy atom. The van der Waals surface area contributed by atoms with E-state index in [2.05, 4.69) is 25.3 Å². The van der Waals surface area contributed by atoms with Crippen LogP contribution in [0.5, 0.6) is 0 Å². The molecule has 0 aromatic carbocycles. The van der Waals surface area contributed by atoms with Gasteiger partial charge in [-0.3, -0.25) is 4.57 Å². The van der Waals surface area contributed by atoms with Crippen molar-refractivity contribution in [1.29, 1.82) is 0 Å². The van der Waals surface area contributed by atoms with Gasteiger partial charge in [-0.15, -0.1) is 0 Å². The van der Waals surface area contributed by atoms with Crippen LogP contribution >= 0.6 is 0 Å². The summed E-state index contributed by atoms with van der Waals surface area (Å²) in [5.74, 6) is 0. The Morgan fingerprint density at radius 1 is 0.909 bits per heavy atom. The highest BCUT2D eigenvalue weighted by molar-refractivity contribution is 6.77. The molecule has 22 heavy (non-hydrogen) atoms. The predicted octanol–water partition coefficient (Wildman–Crippen LogP) is 4.46. The van der Waals surface area contributed by atoms with Gasteiger partial charge in [0, 0.05) is 26.8 Å². The molecule has 0 spiro atoms. The quantitative estimate of drug-likeness (QED) is 0.431. The highest BCUT2D eigenvalue weighted by atomic mass is 28.4. The second kappa shape index (κ2) is 9.54. The lowest BCUT2D eigenvalue weighted by Crippen LogP contribution is -2.59. The number of hydrogen-bond acceptors (Lipinski definition) is 4. The predicted molar refractivity (Wildman–Crippen MR) is 97.5 cm³/mol. The maximum atomic E-state index is 6.21. The first-order valence-electron chi connectivity index (χ1n) is 9.01. The normalized spacial score (nSPS) is 18.1. The van der Waals surface area contributed by atoms with Gasteiger partial charge in [0.05, 0.1) is 6.73 Å². The number of hydrogen-bond donors (Lipinski definition) is 0. The zero-order valence-corrected chi connectivity index (χ0v) is 17.6. The fourth-order valence-electron chi connectivity index (χ4n) is 3.77. The molecule has 6 heteroatoms. The Balaban J connectivity index is 2.90. The van der Waals surface area contributed by atoms with Crippen molar-refractivity contribution in [2.24, 2.45) is 0 Å². The first kappa shape index (κ1) is 20.3. The Bertz CT molecular complexity index is 296. The minimum atomic E-state index is -2.46. The van der Waals surface area contributed by atoms with Crippen molar-refractivity contribution in [3.63, 3.8) is 0 Å². The maximum Gasteiger partial charge on any atom is 0.498 e. The number of rotatable bonds is 10. The average Bonchev–Trinajstić information content (AvgIpc) is 2.59. The van der Waals surface area contributed by atoms with E-state index in [0.29, 0.717) is 12.8 Å². The van der Waals surface area contributed by atoms with Gasteiger partial charge in [0.25, 0.3) is 0 Å². The van der Waals surface area contributed by atoms with E-state index in [0.717, 1.165) is 0 Å². The third-order valence-electron chi connectivity index (χ3n) is 5.81. The molecule has 0 bridgehead atoms. The van der Waals surface area contributed by atoms with E-state index in [1.54, 1.807) is 14.2 Å². The van der Waals surface area contributed by atoms with Gasteiger partial charge in [-0.2, -0.15) is 0 Å². The van der Waals surface area contributed by atoms with E-state index in [-0.39, 0.29) is 0 Å². The molecule has 0 saturated heterocycles. The molecule has 0 aromatic rings. The molecule has 0 unspecified atom stereocenters. The van der Waals surface area contributed by atoms with E-state index in [9.17, 15) is 0 Å². The van der Waals surface area contributed by atoms with Crippen molar-refractivity contribution < 1.29 is 13.3 Å². The molecule has 0 heterocycles. The standard InChI is InChI=1S/C16H37NO3Si2/c1-7-22(8-2,9-3)17(16-13-11-10-12-14-16)15-20-21(6,18-4)19-5/h16H,7-15H2,1-6H3. The lowest BCUT2D eigenvalue weighted by molar-refractivity contribution is 0.0486. The van der Waals surface area contributed by atoms with Gasteiger partial charge in [0.15, 0.2) is 0 Å². The lowest BCUT2D eigenvalue weighted by Gasteiger charge is -2.47. The Morgan fingerprint density at radius 3 is 1.82 bits per heavy atom. The second-order valence-electron chi connectivity index (χ2n) is 6.59. The molecule has 0 amide bonds. The Labute approximate surface area is 140 Å². The molecule has 1 aliphatic rings. The highest BCUT2D eigenvalue weighted by Gasteiger charge is 2.41. The van der Waals surface area contributed by atoms with Crippen LogP contribution in [0.2, 0.25) is 24.7 Å². The summed E-state index contributed by atoms with van der Waals surface area (Å²) in [6.45, 7) is 9.80. The molecular formula is C16H37NO3Si2. The molecule has 0 aliphatic heterocycles. The SMILES string of the molecule is CC[Si](CC)(CC)N(CO[Si](C)(OC)OC)C1CCCCC1. The molecule has 1 saturated carbocycles. The van der Waals surface area contributed by atoms with Crippen LogP contribution < -0.4 is 0 Å². The maximum absolute atomic E-state index is 6.21. The summed E-state index contributed by atoms with van der Waals surface area (Å²) in [5.41, 5.74) is 0. The Kier molecular flexibility index (Phi) is 8.81. The zero-order valence-electron chi connectivity index (χ0n) is 15.6. The van der Waals surface area contributed by atoms with Crippen LogP contribution in [0.1, 0.15) is 52.9 Å². The van der Waals surface area contributed by atoms with Gasteiger partial charge >= 0.3 is 8.80 Å². The molecule has 1 fully saturated rings. The van der Waals surface area contributed by atoms with Crippen LogP contribution in [-0.2, 0) is 13.3 Å². The van der Waals surface area contributed by atoms with E-state index < -0.39 is 17.0 Å². The van der Waals surface area contributed by atoms with Crippen LogP contribution in [0.4, 0.5) is 0 Å². The van der Waals surface area contributed by atoms with Gasteiger partial charge in [-0.05, 0) is 31.0 Å². The van der Waals surface area contributed by atoms with Crippen LogP contribution in [0.15, 0.2) is 0 Å². The summed E-state index contributed by atoms with van der Waals surface area (Å²) >= 11 is 0. The van der Waals surface area contributed by atoms with Gasteiger partial charge in [0.1, 0.15) is 8.24 Å². The molecule has 0 atom stereocenters. The summed E-state index contributed by atoms with van der Waals surface area (Å²) in [7, 11) is -0.502. The molecule has 1 aliphatic carbocycles. The fourth-order valence-corrected chi connectivity index (χ4v) is 8.76. The highest BCUT2D eigenvalue weighted by Crippen LogP contribution is 2.33. The summed E-state index contributed by atoms with van der Waals surface area (Å²) in [4.78, 5) is 0. The minimum Gasteiger partial charge on any atom is -0.377 e. The summed E-state index contributed by atoms with van der Waals surface area (Å²) in [5, 5.41) is 0. The van der Waals surface area contributed by atoms with Gasteiger partial charge < -0.3 is 13.3 Å². The van der Waals surface area contributed by atoms with Crippen molar-refractivity contribution in [2.45, 2.75) is 83.6 Å². The van der Waals surface area contributed by atoms with Crippen molar-refractivity contribution in [2.75, 3.05) is 21.0 Å². The van der Waals surface area contributed by atoms with Crippen LogP contribution in [0.3, 0.4) is 0 Å². The molecule has 132 valence electrons. The summed E-state index contributed by atoms with van der Waals surface area (Å²) in [6.07, 6.45) is 6.79. The van der Waals surface area contributed by atoms with Crippen LogP contribution in [0, 0.1) is 0 Å². The van der Waals surface area contributed by atoms with Crippen molar-refractivity contribution in [3.05, 3.63) is 0 Å². The molecule has 0 N–H and O–H groups in total. The summed E-state index contributed by atoms with van der Waals surface area (Å²) in [6, 6.07) is 4.61. The summed E-state index contributed by atoms with van der Waals surface area (Å²) < 4.78 is 20.0. The number of nitrogens with zero attached hydrogens (tertiary/aromatic N) is 1. The van der Waals surface area contributed by atoms with Gasteiger partial charge in [0.2, 0.25) is 0 Å². The zero-order chi connectivity index (χ0) is 16.6. The first-order valence-corrected chi connectivity index (χ1v) is 13.8.